The number of nitrogens with zero attached hydrogens (tertiary/aromatic N) is 3. The van der Waals surface area contributed by atoms with Crippen LogP contribution in [0, 0.1) is 0 Å². The number of unbranched alkanes of at least 4 members (excludes halogenated alkanes) is 2. The van der Waals surface area contributed by atoms with Crippen molar-refractivity contribution in [2.24, 2.45) is 0 Å². The van der Waals surface area contributed by atoms with E-state index in [1.807, 2.05) is 10.9 Å². The van der Waals surface area contributed by atoms with E-state index in [4.69, 9.17) is 0 Å². The van der Waals surface area contributed by atoms with Gasteiger partial charge in [-0.15, -0.1) is 5.10 Å². The molecule has 0 N–H and O–H groups in total. The van der Waals surface area contributed by atoms with Crippen LogP contribution in [-0.4, -0.2) is 15.0 Å². The zero-order chi connectivity index (χ0) is 14.6. The molecular weight excluding hydrogens is 246 g/mol. The highest BCUT2D eigenvalue weighted by Gasteiger charge is 2.17. The van der Waals surface area contributed by atoms with E-state index in [1.54, 1.807) is 0 Å². The Morgan fingerprint density at radius 2 is 1.75 bits per heavy atom. The topological polar surface area (TPSA) is 30.7 Å². The fourth-order valence-electron chi connectivity index (χ4n) is 2.13. The minimum absolute atomic E-state index is 0.0400. The quantitative estimate of drug-likeness (QED) is 0.759. The molecule has 0 aliphatic heterocycles. The Morgan fingerprint density at radius 1 is 1.05 bits per heavy atom. The zero-order valence-corrected chi connectivity index (χ0v) is 13.1. The highest BCUT2D eigenvalue weighted by Crippen LogP contribution is 2.20. The molecule has 20 heavy (non-hydrogen) atoms. The Bertz CT molecular complexity index is 532. The van der Waals surface area contributed by atoms with Crippen LogP contribution in [-0.2, 0) is 11.8 Å². The van der Waals surface area contributed by atoms with Crippen LogP contribution in [0.25, 0.3) is 5.69 Å². The van der Waals surface area contributed by atoms with E-state index < -0.39 is 0 Å². The third kappa shape index (κ3) is 3.69. The summed E-state index contributed by atoms with van der Waals surface area (Å²) in [5.41, 5.74) is 3.54. The molecule has 2 aromatic rings. The number of hydrogen-bond acceptors (Lipinski definition) is 2. The van der Waals surface area contributed by atoms with Crippen LogP contribution in [0.2, 0.25) is 0 Å². The molecule has 0 aliphatic rings. The molecule has 0 fully saturated rings. The summed E-state index contributed by atoms with van der Waals surface area (Å²) in [6.45, 7) is 8.69. The summed E-state index contributed by atoms with van der Waals surface area (Å²) in [7, 11) is 0. The Morgan fingerprint density at radius 3 is 2.30 bits per heavy atom. The normalized spacial score (nSPS) is 11.8. The van der Waals surface area contributed by atoms with Gasteiger partial charge in [0, 0.05) is 5.41 Å². The van der Waals surface area contributed by atoms with Crippen LogP contribution >= 0.6 is 0 Å². The molecule has 108 valence electrons. The first-order chi connectivity index (χ1) is 9.50. The second kappa shape index (κ2) is 6.21. The lowest BCUT2D eigenvalue weighted by molar-refractivity contribution is 0.566. The molecule has 3 heteroatoms. The standard InChI is InChI=1S/C17H25N3/c1-5-6-7-8-14-9-11-15(12-10-14)20-13-16(18-19-20)17(2,3)4/h9-13H,5-8H2,1-4H3. The van der Waals surface area contributed by atoms with Crippen LogP contribution in [0.5, 0.6) is 0 Å². The van der Waals surface area contributed by atoms with Gasteiger partial charge < -0.3 is 0 Å². The van der Waals surface area contributed by atoms with Gasteiger partial charge in [0.2, 0.25) is 0 Å². The van der Waals surface area contributed by atoms with Gasteiger partial charge in [-0.2, -0.15) is 0 Å². The lowest BCUT2D eigenvalue weighted by atomic mass is 9.93. The molecule has 1 aromatic carbocycles. The molecule has 1 heterocycles. The van der Waals surface area contributed by atoms with Crippen molar-refractivity contribution >= 4 is 0 Å². The van der Waals surface area contributed by atoms with Crippen LogP contribution in [0.4, 0.5) is 0 Å². The van der Waals surface area contributed by atoms with Gasteiger partial charge in [0.1, 0.15) is 0 Å². The predicted octanol–water partition coefficient (Wildman–Crippen LogP) is 4.30. The van der Waals surface area contributed by atoms with E-state index >= 15 is 0 Å². The molecule has 0 atom stereocenters. The van der Waals surface area contributed by atoms with Gasteiger partial charge in [0.05, 0.1) is 17.6 Å². The minimum atomic E-state index is 0.0400. The van der Waals surface area contributed by atoms with Crippen molar-refractivity contribution in [1.82, 2.24) is 15.0 Å². The summed E-state index contributed by atoms with van der Waals surface area (Å²) < 4.78 is 1.86. The molecule has 3 nitrogen and oxygen atoms in total. The van der Waals surface area contributed by atoms with E-state index in [0.29, 0.717) is 0 Å². The van der Waals surface area contributed by atoms with Gasteiger partial charge in [0.15, 0.2) is 0 Å². The molecule has 0 saturated heterocycles. The van der Waals surface area contributed by atoms with E-state index in [0.717, 1.165) is 11.4 Å². The summed E-state index contributed by atoms with van der Waals surface area (Å²) in [4.78, 5) is 0. The van der Waals surface area contributed by atoms with Crippen molar-refractivity contribution in [3.05, 3.63) is 41.7 Å². The number of aryl methyl sites for hydroxylation is 1. The van der Waals surface area contributed by atoms with E-state index in [9.17, 15) is 0 Å². The smallest absolute Gasteiger partial charge is 0.0885 e. The van der Waals surface area contributed by atoms with Gasteiger partial charge in [-0.3, -0.25) is 0 Å². The predicted molar refractivity (Wildman–Crippen MR) is 83.3 cm³/mol. The molecular formula is C17H25N3. The lowest BCUT2D eigenvalue weighted by Gasteiger charge is -2.12. The molecule has 0 saturated carbocycles. The highest BCUT2D eigenvalue weighted by atomic mass is 15.4. The average molecular weight is 271 g/mol. The van der Waals surface area contributed by atoms with Crippen LogP contribution in [0.3, 0.4) is 0 Å². The zero-order valence-electron chi connectivity index (χ0n) is 13.1. The summed E-state index contributed by atoms with van der Waals surface area (Å²) in [6, 6.07) is 8.65. The molecule has 0 bridgehead atoms. The van der Waals surface area contributed by atoms with Crippen molar-refractivity contribution in [3.8, 4) is 5.69 Å². The molecule has 1 aromatic heterocycles. The Hall–Kier alpha value is -1.64. The molecule has 0 unspecified atom stereocenters. The summed E-state index contributed by atoms with van der Waals surface area (Å²) in [5, 5.41) is 8.48. The molecule has 0 radical (unpaired) electrons. The number of aromatic nitrogens is 3. The maximum absolute atomic E-state index is 4.26. The van der Waals surface area contributed by atoms with Crippen molar-refractivity contribution in [2.75, 3.05) is 0 Å². The molecule has 0 amide bonds. The second-order valence-electron chi connectivity index (χ2n) is 6.42. The maximum atomic E-state index is 4.26. The van der Waals surface area contributed by atoms with Crippen LogP contribution < -0.4 is 0 Å². The van der Waals surface area contributed by atoms with Gasteiger partial charge >= 0.3 is 0 Å². The van der Waals surface area contributed by atoms with Crippen LogP contribution in [0.15, 0.2) is 30.5 Å². The van der Waals surface area contributed by atoms with Crippen molar-refractivity contribution in [2.45, 2.75) is 58.8 Å². The highest BCUT2D eigenvalue weighted by molar-refractivity contribution is 5.34. The Labute approximate surface area is 122 Å². The largest absolute Gasteiger partial charge is 0.220 e. The van der Waals surface area contributed by atoms with Crippen molar-refractivity contribution < 1.29 is 0 Å². The van der Waals surface area contributed by atoms with Crippen molar-refractivity contribution in [3.63, 3.8) is 0 Å². The first kappa shape index (κ1) is 14.8. The van der Waals surface area contributed by atoms with E-state index in [1.165, 1.54) is 31.2 Å². The minimum Gasteiger partial charge on any atom is -0.220 e. The van der Waals surface area contributed by atoms with E-state index in [-0.39, 0.29) is 5.41 Å². The molecule has 0 aliphatic carbocycles. The fraction of sp³-hybridized carbons (Fsp3) is 0.529. The first-order valence-corrected chi connectivity index (χ1v) is 7.53. The van der Waals surface area contributed by atoms with Crippen molar-refractivity contribution in [1.29, 1.82) is 0 Å². The van der Waals surface area contributed by atoms with Gasteiger partial charge in [-0.25, -0.2) is 4.68 Å². The lowest BCUT2D eigenvalue weighted by Crippen LogP contribution is -2.11. The number of benzene rings is 1. The summed E-state index contributed by atoms with van der Waals surface area (Å²) >= 11 is 0. The second-order valence-corrected chi connectivity index (χ2v) is 6.42. The fourth-order valence-corrected chi connectivity index (χ4v) is 2.13. The summed E-state index contributed by atoms with van der Waals surface area (Å²) in [5.74, 6) is 0. The third-order valence-electron chi connectivity index (χ3n) is 3.53. The Kier molecular flexibility index (Phi) is 4.58. The molecule has 0 spiro atoms. The van der Waals surface area contributed by atoms with Gasteiger partial charge in [0.25, 0.3) is 0 Å². The van der Waals surface area contributed by atoms with Gasteiger partial charge in [-0.1, -0.05) is 57.9 Å². The van der Waals surface area contributed by atoms with Crippen LogP contribution in [0.1, 0.15) is 58.2 Å². The average Bonchev–Trinajstić information content (AvgIpc) is 2.89. The third-order valence-corrected chi connectivity index (χ3v) is 3.53. The van der Waals surface area contributed by atoms with E-state index in [2.05, 4.69) is 62.3 Å². The number of hydrogen-bond donors (Lipinski definition) is 0. The maximum Gasteiger partial charge on any atom is 0.0885 e. The first-order valence-electron chi connectivity index (χ1n) is 7.53. The molecule has 2 rings (SSSR count). The SMILES string of the molecule is CCCCCc1ccc(-n2cc(C(C)(C)C)nn2)cc1. The van der Waals surface area contributed by atoms with Gasteiger partial charge in [-0.05, 0) is 30.5 Å². The number of rotatable bonds is 5. The summed E-state index contributed by atoms with van der Waals surface area (Å²) in [6.07, 6.45) is 7.03. The monoisotopic (exact) mass is 271 g/mol. The Balaban J connectivity index is 2.08.